The highest BCUT2D eigenvalue weighted by molar-refractivity contribution is 6.07. The highest BCUT2D eigenvalue weighted by Gasteiger charge is 1.97. The minimum absolute atomic E-state index is 0.844. The van der Waals surface area contributed by atoms with E-state index >= 15 is 0 Å². The van der Waals surface area contributed by atoms with Crippen molar-refractivity contribution in [3.63, 3.8) is 0 Å². The molecular weight excluding hydrogens is 232 g/mol. The van der Waals surface area contributed by atoms with Gasteiger partial charge in [0.05, 0.1) is 0 Å². The van der Waals surface area contributed by atoms with Crippen LogP contribution in [0.2, 0.25) is 0 Å². The van der Waals surface area contributed by atoms with E-state index in [0.29, 0.717) is 0 Å². The first-order valence-electron chi connectivity index (χ1n) is 6.81. The summed E-state index contributed by atoms with van der Waals surface area (Å²) in [7, 11) is 0. The van der Waals surface area contributed by atoms with Gasteiger partial charge in [-0.15, -0.1) is 0 Å². The van der Waals surface area contributed by atoms with E-state index in [-0.39, 0.29) is 0 Å². The molecule has 0 amide bonds. The van der Waals surface area contributed by atoms with E-state index in [4.69, 9.17) is 4.74 Å². The Labute approximate surface area is 114 Å². The van der Waals surface area contributed by atoms with Crippen LogP contribution in [0, 0.1) is 0 Å². The number of fused-ring (bicyclic) bond motifs is 3. The topological polar surface area (TPSA) is 9.23 Å². The normalized spacial score (nSPS) is 10.2. The van der Waals surface area contributed by atoms with Crippen molar-refractivity contribution in [1.82, 2.24) is 0 Å². The Morgan fingerprint density at radius 2 is 1.05 bits per heavy atom. The van der Waals surface area contributed by atoms with Crippen molar-refractivity contribution in [2.24, 2.45) is 0 Å². The van der Waals surface area contributed by atoms with E-state index in [2.05, 4.69) is 60.7 Å². The van der Waals surface area contributed by atoms with Gasteiger partial charge in [0.15, 0.2) is 0 Å². The van der Waals surface area contributed by atoms with E-state index in [9.17, 15) is 0 Å². The molecule has 0 N–H and O–H groups in total. The van der Waals surface area contributed by atoms with Crippen LogP contribution in [0.3, 0.4) is 0 Å². The molecule has 0 aliphatic heterocycles. The van der Waals surface area contributed by atoms with E-state index < -0.39 is 0 Å². The highest BCUT2D eigenvalue weighted by atomic mass is 16.5. The first-order chi connectivity index (χ1) is 9.36. The Hall–Kier alpha value is -1.86. The zero-order valence-electron chi connectivity index (χ0n) is 11.6. The molecule has 0 heterocycles. The fraction of sp³-hybridized carbons (Fsp3) is 0.222. The summed E-state index contributed by atoms with van der Waals surface area (Å²) >= 11 is 0. The van der Waals surface area contributed by atoms with Gasteiger partial charge in [-0.3, -0.25) is 0 Å². The van der Waals surface area contributed by atoms with E-state index in [0.717, 1.165) is 13.2 Å². The van der Waals surface area contributed by atoms with Gasteiger partial charge in [-0.1, -0.05) is 60.7 Å². The molecule has 0 spiro atoms. The third-order valence-corrected chi connectivity index (χ3v) is 3.06. The summed E-state index contributed by atoms with van der Waals surface area (Å²) in [5.74, 6) is 0. The minimum Gasteiger partial charge on any atom is -0.382 e. The molecule has 1 heteroatoms. The van der Waals surface area contributed by atoms with Crippen molar-refractivity contribution in [2.45, 2.75) is 13.8 Å². The van der Waals surface area contributed by atoms with Crippen molar-refractivity contribution < 1.29 is 4.74 Å². The summed E-state index contributed by atoms with van der Waals surface area (Å²) in [6.07, 6.45) is 0. The van der Waals surface area contributed by atoms with E-state index in [1.54, 1.807) is 0 Å². The molecule has 0 aliphatic rings. The van der Waals surface area contributed by atoms with Gasteiger partial charge in [0.2, 0.25) is 0 Å². The first-order valence-corrected chi connectivity index (χ1v) is 6.81. The largest absolute Gasteiger partial charge is 0.382 e. The van der Waals surface area contributed by atoms with Crippen LogP contribution in [0.1, 0.15) is 13.8 Å². The maximum Gasteiger partial charge on any atom is 0.0437 e. The predicted octanol–water partition coefficient (Wildman–Crippen LogP) is 5.04. The molecule has 98 valence electrons. The summed E-state index contributed by atoms with van der Waals surface area (Å²) in [6.45, 7) is 5.67. The first kappa shape index (κ1) is 13.6. The second kappa shape index (κ2) is 6.91. The monoisotopic (exact) mass is 252 g/mol. The standard InChI is InChI=1S/C14H10.C4H10O/c1-3-7-13-11(5-1)9-10-12-6-2-4-8-14(12)13;1-3-5-4-2/h1-10H;3-4H2,1-2H3. The van der Waals surface area contributed by atoms with Crippen molar-refractivity contribution in [1.29, 1.82) is 0 Å². The molecule has 0 fully saturated rings. The molecule has 19 heavy (non-hydrogen) atoms. The average molecular weight is 252 g/mol. The third-order valence-electron chi connectivity index (χ3n) is 3.06. The van der Waals surface area contributed by atoms with Crippen LogP contribution in [0.15, 0.2) is 60.7 Å². The van der Waals surface area contributed by atoms with Crippen LogP contribution in [-0.4, -0.2) is 13.2 Å². The van der Waals surface area contributed by atoms with Gasteiger partial charge in [0.1, 0.15) is 0 Å². The molecule has 3 aromatic rings. The molecule has 0 aliphatic carbocycles. The molecule has 1 nitrogen and oxygen atoms in total. The molecule has 0 bridgehead atoms. The molecule has 0 saturated carbocycles. The van der Waals surface area contributed by atoms with Gasteiger partial charge in [-0.25, -0.2) is 0 Å². The SMILES string of the molecule is CCOCC.c1ccc2c(c1)ccc1ccccc12. The molecule has 0 saturated heterocycles. The summed E-state index contributed by atoms with van der Waals surface area (Å²) in [4.78, 5) is 0. The second-order valence-corrected chi connectivity index (χ2v) is 4.29. The van der Waals surface area contributed by atoms with Crippen LogP contribution in [-0.2, 0) is 4.74 Å². The lowest BCUT2D eigenvalue weighted by atomic mass is 10.0. The molecule has 0 radical (unpaired) electrons. The Morgan fingerprint density at radius 3 is 1.42 bits per heavy atom. The third kappa shape index (κ3) is 3.33. The number of hydrogen-bond donors (Lipinski definition) is 0. The molecule has 3 aromatic carbocycles. The number of hydrogen-bond acceptors (Lipinski definition) is 1. The van der Waals surface area contributed by atoms with Crippen LogP contribution >= 0.6 is 0 Å². The summed E-state index contributed by atoms with van der Waals surface area (Å²) in [6, 6.07) is 21.4. The Morgan fingerprint density at radius 1 is 0.632 bits per heavy atom. The Kier molecular flexibility index (Phi) is 4.93. The quantitative estimate of drug-likeness (QED) is 0.581. The van der Waals surface area contributed by atoms with E-state index in [1.165, 1.54) is 21.5 Å². The maximum absolute atomic E-state index is 4.83. The van der Waals surface area contributed by atoms with Crippen LogP contribution in [0.5, 0.6) is 0 Å². The highest BCUT2D eigenvalue weighted by Crippen LogP contribution is 2.24. The van der Waals surface area contributed by atoms with Gasteiger partial charge < -0.3 is 4.74 Å². The minimum atomic E-state index is 0.844. The molecule has 0 aromatic heterocycles. The predicted molar refractivity (Wildman–Crippen MR) is 83.6 cm³/mol. The zero-order chi connectivity index (χ0) is 13.5. The lowest BCUT2D eigenvalue weighted by Gasteiger charge is -2.02. The summed E-state index contributed by atoms with van der Waals surface area (Å²) in [5, 5.41) is 5.30. The van der Waals surface area contributed by atoms with Crippen LogP contribution in [0.4, 0.5) is 0 Å². The lowest BCUT2D eigenvalue weighted by Crippen LogP contribution is -1.84. The fourth-order valence-electron chi connectivity index (χ4n) is 2.16. The van der Waals surface area contributed by atoms with Gasteiger partial charge >= 0.3 is 0 Å². The lowest BCUT2D eigenvalue weighted by molar-refractivity contribution is 0.162. The number of benzene rings is 3. The number of rotatable bonds is 2. The fourth-order valence-corrected chi connectivity index (χ4v) is 2.16. The van der Waals surface area contributed by atoms with Crippen LogP contribution in [0.25, 0.3) is 21.5 Å². The van der Waals surface area contributed by atoms with Gasteiger partial charge in [0.25, 0.3) is 0 Å². The van der Waals surface area contributed by atoms with Crippen molar-refractivity contribution >= 4 is 21.5 Å². The second-order valence-electron chi connectivity index (χ2n) is 4.29. The maximum atomic E-state index is 4.83. The summed E-state index contributed by atoms with van der Waals surface area (Å²) < 4.78 is 4.83. The molecule has 3 rings (SSSR count). The Bertz CT molecular complexity index is 586. The van der Waals surface area contributed by atoms with Gasteiger partial charge in [0, 0.05) is 13.2 Å². The van der Waals surface area contributed by atoms with Crippen molar-refractivity contribution in [2.75, 3.05) is 13.2 Å². The van der Waals surface area contributed by atoms with Gasteiger partial charge in [-0.05, 0) is 35.4 Å². The van der Waals surface area contributed by atoms with Gasteiger partial charge in [-0.2, -0.15) is 0 Å². The van der Waals surface area contributed by atoms with Crippen molar-refractivity contribution in [3.8, 4) is 0 Å². The Balaban J connectivity index is 0.000000232. The van der Waals surface area contributed by atoms with E-state index in [1.807, 2.05) is 13.8 Å². The van der Waals surface area contributed by atoms with Crippen molar-refractivity contribution in [3.05, 3.63) is 60.7 Å². The van der Waals surface area contributed by atoms with Crippen LogP contribution < -0.4 is 0 Å². The zero-order valence-corrected chi connectivity index (χ0v) is 11.6. The molecular formula is C18H20O. The average Bonchev–Trinajstić information content (AvgIpc) is 2.49. The molecule has 0 atom stereocenters. The number of ether oxygens (including phenoxy) is 1. The smallest absolute Gasteiger partial charge is 0.0437 e. The molecule has 0 unspecified atom stereocenters. The summed E-state index contributed by atoms with van der Waals surface area (Å²) in [5.41, 5.74) is 0.